The van der Waals surface area contributed by atoms with Gasteiger partial charge in [-0.25, -0.2) is 9.59 Å². The highest BCUT2D eigenvalue weighted by atomic mass is 35.5. The summed E-state index contributed by atoms with van der Waals surface area (Å²) in [5.74, 6) is -2.31. The van der Waals surface area contributed by atoms with E-state index in [-0.39, 0.29) is 57.5 Å². The molecule has 0 spiro atoms. The zero-order chi connectivity index (χ0) is 29.4. The Labute approximate surface area is 243 Å². The molecular weight excluding hydrogens is 587 g/mol. The van der Waals surface area contributed by atoms with Gasteiger partial charge in [0.25, 0.3) is 11.1 Å². The highest BCUT2D eigenvalue weighted by Gasteiger charge is 2.36. The zero-order valence-corrected chi connectivity index (χ0v) is 23.9. The molecule has 0 unspecified atom stereocenters. The van der Waals surface area contributed by atoms with E-state index in [9.17, 15) is 24.0 Å². The number of imide groups is 1. The van der Waals surface area contributed by atoms with Crippen molar-refractivity contribution in [1.82, 2.24) is 4.90 Å². The molecule has 0 aromatic heterocycles. The van der Waals surface area contributed by atoms with Gasteiger partial charge in [0.15, 0.2) is 18.1 Å². The van der Waals surface area contributed by atoms with Crippen LogP contribution in [-0.2, 0) is 23.9 Å². The van der Waals surface area contributed by atoms with Crippen LogP contribution in [-0.4, -0.2) is 67.4 Å². The number of carbonyl (C=O) groups is 5. The summed E-state index contributed by atoms with van der Waals surface area (Å²) in [6.07, 6.45) is 1.41. The Kier molecular flexibility index (Phi) is 10.8. The second-order valence-corrected chi connectivity index (χ2v) is 9.67. The van der Waals surface area contributed by atoms with Crippen molar-refractivity contribution in [3.63, 3.8) is 0 Å². The first-order valence-electron chi connectivity index (χ1n) is 11.8. The molecule has 0 saturated carbocycles. The van der Waals surface area contributed by atoms with Crippen molar-refractivity contribution in [2.45, 2.75) is 13.8 Å². The summed E-state index contributed by atoms with van der Waals surface area (Å²) < 4.78 is 20.5. The minimum absolute atomic E-state index is 0.0483. The molecule has 1 fully saturated rings. The number of esters is 2. The van der Waals surface area contributed by atoms with E-state index >= 15 is 0 Å². The van der Waals surface area contributed by atoms with Crippen LogP contribution >= 0.6 is 35.0 Å². The van der Waals surface area contributed by atoms with Gasteiger partial charge >= 0.3 is 11.9 Å². The van der Waals surface area contributed by atoms with Gasteiger partial charge in [-0.15, -0.1) is 0 Å². The van der Waals surface area contributed by atoms with Gasteiger partial charge in [-0.3, -0.25) is 19.3 Å². The number of hydrogen-bond acceptors (Lipinski definition) is 10. The monoisotopic (exact) mass is 610 g/mol. The molecule has 2 aromatic rings. The fourth-order valence-corrected chi connectivity index (χ4v) is 4.70. The minimum atomic E-state index is -0.689. The minimum Gasteiger partial charge on any atom is -0.493 e. The first kappa shape index (κ1) is 30.8. The number of nitrogens with zero attached hydrogens (tertiary/aromatic N) is 1. The molecule has 11 nitrogen and oxygen atoms in total. The molecule has 40 heavy (non-hydrogen) atoms. The molecule has 1 saturated heterocycles. The lowest BCUT2D eigenvalue weighted by atomic mass is 10.1. The lowest BCUT2D eigenvalue weighted by molar-refractivity contribution is -0.145. The Morgan fingerprint density at radius 3 is 2.42 bits per heavy atom. The maximum atomic E-state index is 12.9. The van der Waals surface area contributed by atoms with Crippen molar-refractivity contribution in [2.24, 2.45) is 0 Å². The van der Waals surface area contributed by atoms with Crippen LogP contribution in [0, 0.1) is 0 Å². The smallest absolute Gasteiger partial charge is 0.344 e. The summed E-state index contributed by atoms with van der Waals surface area (Å²) in [7, 11) is 1.37. The van der Waals surface area contributed by atoms with Gasteiger partial charge in [0.05, 0.1) is 40.8 Å². The number of methoxy groups -OCH3 is 1. The number of hydrogen-bond donors (Lipinski definition) is 1. The highest BCUT2D eigenvalue weighted by molar-refractivity contribution is 8.18. The maximum absolute atomic E-state index is 12.9. The molecular formula is C26H24Cl2N2O9S. The molecule has 1 aliphatic heterocycles. The second kappa shape index (κ2) is 14.1. The van der Waals surface area contributed by atoms with Crippen LogP contribution in [0.3, 0.4) is 0 Å². The van der Waals surface area contributed by atoms with Crippen molar-refractivity contribution >= 4 is 75.7 Å². The van der Waals surface area contributed by atoms with E-state index in [1.165, 1.54) is 43.5 Å². The maximum Gasteiger partial charge on any atom is 0.344 e. The fraction of sp³-hybridized carbons (Fsp3) is 0.269. The predicted octanol–water partition coefficient (Wildman–Crippen LogP) is 4.80. The number of nitrogens with one attached hydrogen (secondary N) is 1. The molecule has 1 aliphatic rings. The predicted molar refractivity (Wildman–Crippen MR) is 149 cm³/mol. The third-order valence-electron chi connectivity index (χ3n) is 5.11. The van der Waals surface area contributed by atoms with Crippen molar-refractivity contribution in [1.29, 1.82) is 0 Å². The van der Waals surface area contributed by atoms with Crippen LogP contribution in [0.1, 0.15) is 29.8 Å². The molecule has 1 heterocycles. The Morgan fingerprint density at radius 2 is 1.75 bits per heavy atom. The average Bonchev–Trinajstić information content (AvgIpc) is 3.16. The van der Waals surface area contributed by atoms with Crippen molar-refractivity contribution in [3.8, 4) is 11.5 Å². The SMILES string of the molecule is CCOC(=O)COc1c(Cl)cc(/C=C2\SC(=O)N(CC(=O)Nc3ccc(Cl)c(C(=O)OCC)c3)C2=O)cc1OC. The lowest BCUT2D eigenvalue weighted by Crippen LogP contribution is -2.36. The van der Waals surface area contributed by atoms with E-state index in [0.717, 1.165) is 4.90 Å². The van der Waals surface area contributed by atoms with E-state index in [1.54, 1.807) is 13.8 Å². The van der Waals surface area contributed by atoms with Crippen LogP contribution in [0.5, 0.6) is 11.5 Å². The molecule has 2 aromatic carbocycles. The zero-order valence-electron chi connectivity index (χ0n) is 21.6. The standard InChI is InChI=1S/C26H24Cl2N2O9S/c1-4-37-22(32)13-39-23-18(28)8-14(9-19(23)36-3)10-20-24(33)30(26(35)40-20)12-21(31)29-15-6-7-17(27)16(11-15)25(34)38-5-2/h6-11H,4-5,12-13H2,1-3H3,(H,29,31)/b20-10-. The van der Waals surface area contributed by atoms with Crippen LogP contribution < -0.4 is 14.8 Å². The topological polar surface area (TPSA) is 138 Å². The van der Waals surface area contributed by atoms with E-state index in [1.807, 2.05) is 0 Å². The Bertz CT molecular complexity index is 1380. The van der Waals surface area contributed by atoms with Crippen molar-refractivity contribution < 1.29 is 42.9 Å². The summed E-state index contributed by atoms with van der Waals surface area (Å²) >= 11 is 13.0. The third kappa shape index (κ3) is 7.68. The van der Waals surface area contributed by atoms with Gasteiger partial charge < -0.3 is 24.3 Å². The van der Waals surface area contributed by atoms with Gasteiger partial charge in [0.1, 0.15) is 6.54 Å². The molecule has 0 atom stereocenters. The lowest BCUT2D eigenvalue weighted by Gasteiger charge is -2.14. The molecule has 14 heteroatoms. The number of anilines is 1. The number of carbonyl (C=O) groups excluding carboxylic acids is 5. The van der Waals surface area contributed by atoms with Crippen LogP contribution in [0.25, 0.3) is 6.08 Å². The molecule has 1 N–H and O–H groups in total. The number of rotatable bonds is 11. The summed E-state index contributed by atoms with van der Waals surface area (Å²) in [4.78, 5) is 62.6. The number of benzene rings is 2. The number of thioether (sulfide) groups is 1. The quantitative estimate of drug-likeness (QED) is 0.279. The van der Waals surface area contributed by atoms with E-state index < -0.39 is 35.5 Å². The molecule has 3 rings (SSSR count). The largest absolute Gasteiger partial charge is 0.493 e. The van der Waals surface area contributed by atoms with Crippen molar-refractivity contribution in [3.05, 3.63) is 56.4 Å². The van der Waals surface area contributed by atoms with Crippen molar-refractivity contribution in [2.75, 3.05) is 38.8 Å². The normalized spacial score (nSPS) is 13.8. The Balaban J connectivity index is 1.72. The van der Waals surface area contributed by atoms with E-state index in [4.69, 9.17) is 42.1 Å². The Morgan fingerprint density at radius 1 is 1.02 bits per heavy atom. The first-order valence-corrected chi connectivity index (χ1v) is 13.3. The molecule has 0 bridgehead atoms. The van der Waals surface area contributed by atoms with Gasteiger partial charge in [-0.05, 0) is 67.6 Å². The van der Waals surface area contributed by atoms with Gasteiger partial charge in [0, 0.05) is 5.69 Å². The second-order valence-electron chi connectivity index (χ2n) is 7.86. The number of halogens is 2. The molecule has 3 amide bonds. The molecule has 0 aliphatic carbocycles. The summed E-state index contributed by atoms with van der Waals surface area (Å²) in [6.45, 7) is 2.70. The average molecular weight is 611 g/mol. The van der Waals surface area contributed by atoms with Gasteiger partial charge in [0.2, 0.25) is 5.91 Å². The molecule has 0 radical (unpaired) electrons. The fourth-order valence-electron chi connectivity index (χ4n) is 3.40. The van der Waals surface area contributed by atoms with Gasteiger partial charge in [-0.2, -0.15) is 0 Å². The highest BCUT2D eigenvalue weighted by Crippen LogP contribution is 2.39. The van der Waals surface area contributed by atoms with Crippen LogP contribution in [0.4, 0.5) is 10.5 Å². The van der Waals surface area contributed by atoms with Crippen LogP contribution in [0.2, 0.25) is 10.0 Å². The first-order chi connectivity index (χ1) is 19.1. The summed E-state index contributed by atoms with van der Waals surface area (Å²) in [6, 6.07) is 7.19. The molecule has 212 valence electrons. The summed E-state index contributed by atoms with van der Waals surface area (Å²) in [5, 5.41) is 2.12. The van der Waals surface area contributed by atoms with E-state index in [0.29, 0.717) is 17.3 Å². The third-order valence-corrected chi connectivity index (χ3v) is 6.63. The van der Waals surface area contributed by atoms with E-state index in [2.05, 4.69) is 5.32 Å². The number of amides is 3. The summed E-state index contributed by atoms with van der Waals surface area (Å²) in [5.41, 5.74) is 0.696. The van der Waals surface area contributed by atoms with Gasteiger partial charge in [-0.1, -0.05) is 23.2 Å². The van der Waals surface area contributed by atoms with Crippen LogP contribution in [0.15, 0.2) is 35.2 Å². The number of ether oxygens (including phenoxy) is 4. The Hall–Kier alpha value is -3.74.